The normalized spacial score (nSPS) is 11.3. The van der Waals surface area contributed by atoms with E-state index in [2.05, 4.69) is 45.0 Å². The van der Waals surface area contributed by atoms with Crippen LogP contribution in [0, 0.1) is 5.92 Å². The van der Waals surface area contributed by atoms with Gasteiger partial charge in [-0.25, -0.2) is 9.97 Å². The van der Waals surface area contributed by atoms with Crippen LogP contribution >= 0.6 is 0 Å². The van der Waals surface area contributed by atoms with Crippen LogP contribution in [0.1, 0.15) is 103 Å². The molecule has 0 aliphatic heterocycles. The molecule has 0 aliphatic carbocycles. The largest absolute Gasteiger partial charge is 0.236 e. The van der Waals surface area contributed by atoms with Crippen molar-refractivity contribution in [2.24, 2.45) is 5.92 Å². The number of unbranched alkanes of at least 4 members (excludes halogenated alkanes) is 8. The Balaban J connectivity index is 1.78. The minimum Gasteiger partial charge on any atom is -0.236 e. The molecule has 2 aromatic rings. The van der Waals surface area contributed by atoms with Crippen LogP contribution in [0.4, 0.5) is 0 Å². The van der Waals surface area contributed by atoms with Gasteiger partial charge in [0, 0.05) is 18.0 Å². The molecule has 0 unspecified atom stereocenters. The van der Waals surface area contributed by atoms with Crippen molar-refractivity contribution in [3.8, 4) is 11.4 Å². The highest BCUT2D eigenvalue weighted by Crippen LogP contribution is 2.22. The molecule has 0 radical (unpaired) electrons. The van der Waals surface area contributed by atoms with Crippen molar-refractivity contribution in [2.45, 2.75) is 104 Å². The van der Waals surface area contributed by atoms with Gasteiger partial charge in [-0.1, -0.05) is 103 Å². The molecule has 0 saturated carbocycles. The Kier molecular flexibility index (Phi) is 11.6. The van der Waals surface area contributed by atoms with Crippen molar-refractivity contribution in [2.75, 3.05) is 0 Å². The van der Waals surface area contributed by atoms with E-state index < -0.39 is 0 Å². The molecular weight excluding hydrogens is 352 g/mol. The first-order chi connectivity index (χ1) is 14.2. The zero-order chi connectivity index (χ0) is 20.7. The van der Waals surface area contributed by atoms with Crippen molar-refractivity contribution in [3.05, 3.63) is 47.8 Å². The maximum Gasteiger partial charge on any atom is 0.159 e. The third-order valence-corrected chi connectivity index (χ3v) is 5.76. The monoisotopic (exact) mass is 394 g/mol. The first-order valence-corrected chi connectivity index (χ1v) is 12.1. The molecule has 2 nitrogen and oxygen atoms in total. The molecule has 0 spiro atoms. The molecule has 0 amide bonds. The molecular formula is C27H42N2. The molecule has 0 N–H and O–H groups in total. The van der Waals surface area contributed by atoms with E-state index in [1.54, 1.807) is 0 Å². The quantitative estimate of drug-likeness (QED) is 0.284. The predicted octanol–water partition coefficient (Wildman–Crippen LogP) is 8.20. The second-order valence-corrected chi connectivity index (χ2v) is 8.94. The van der Waals surface area contributed by atoms with E-state index in [1.807, 2.05) is 12.4 Å². The van der Waals surface area contributed by atoms with Crippen LogP contribution in [0.25, 0.3) is 11.4 Å². The van der Waals surface area contributed by atoms with Gasteiger partial charge in [0.05, 0.1) is 0 Å². The lowest BCUT2D eigenvalue weighted by molar-refractivity contribution is 0.515. The first kappa shape index (κ1) is 23.6. The van der Waals surface area contributed by atoms with Gasteiger partial charge in [0.25, 0.3) is 0 Å². The number of hydrogen-bond acceptors (Lipinski definition) is 2. The van der Waals surface area contributed by atoms with Gasteiger partial charge in [-0.2, -0.15) is 0 Å². The van der Waals surface area contributed by atoms with E-state index >= 15 is 0 Å². The Morgan fingerprint density at radius 3 is 2.07 bits per heavy atom. The van der Waals surface area contributed by atoms with Crippen molar-refractivity contribution in [3.63, 3.8) is 0 Å². The second-order valence-electron chi connectivity index (χ2n) is 8.94. The third-order valence-electron chi connectivity index (χ3n) is 5.76. The Morgan fingerprint density at radius 2 is 1.34 bits per heavy atom. The molecule has 0 bridgehead atoms. The van der Waals surface area contributed by atoms with Gasteiger partial charge in [-0.3, -0.25) is 0 Å². The van der Waals surface area contributed by atoms with Crippen LogP contribution in [0.2, 0.25) is 0 Å². The topological polar surface area (TPSA) is 25.8 Å². The van der Waals surface area contributed by atoms with E-state index in [0.717, 1.165) is 24.6 Å². The molecule has 1 heterocycles. The second kappa shape index (κ2) is 14.3. The number of hydrogen-bond donors (Lipinski definition) is 0. The molecule has 1 aromatic heterocycles. The Labute approximate surface area is 179 Å². The zero-order valence-electron chi connectivity index (χ0n) is 19.1. The standard InChI is InChI=1S/C27H42N2/c1-4-5-6-8-13-18-25-19-14-15-20-26(25)27-28-21-24(22-29-27)17-12-10-7-9-11-16-23(2)3/h14-15,19-23H,4-13,16-18H2,1-3H3. The van der Waals surface area contributed by atoms with Crippen LogP contribution in [0.5, 0.6) is 0 Å². The van der Waals surface area contributed by atoms with Crippen LogP contribution in [-0.4, -0.2) is 9.97 Å². The lowest BCUT2D eigenvalue weighted by Crippen LogP contribution is -1.97. The predicted molar refractivity (Wildman–Crippen MR) is 126 cm³/mol. The highest BCUT2D eigenvalue weighted by molar-refractivity contribution is 5.59. The summed E-state index contributed by atoms with van der Waals surface area (Å²) in [7, 11) is 0. The summed E-state index contributed by atoms with van der Waals surface area (Å²) in [5.41, 5.74) is 3.87. The molecule has 0 fully saturated rings. The summed E-state index contributed by atoms with van der Waals surface area (Å²) in [4.78, 5) is 9.41. The molecule has 2 heteroatoms. The summed E-state index contributed by atoms with van der Waals surface area (Å²) >= 11 is 0. The summed E-state index contributed by atoms with van der Waals surface area (Å²) in [6.07, 6.45) is 20.9. The SMILES string of the molecule is CCCCCCCc1ccccc1-c1ncc(CCCCCCCC(C)C)cn1. The number of rotatable bonds is 15. The fourth-order valence-corrected chi connectivity index (χ4v) is 3.91. The van der Waals surface area contributed by atoms with E-state index in [1.165, 1.54) is 87.3 Å². The van der Waals surface area contributed by atoms with E-state index in [-0.39, 0.29) is 0 Å². The molecule has 29 heavy (non-hydrogen) atoms. The maximum absolute atomic E-state index is 4.70. The summed E-state index contributed by atoms with van der Waals surface area (Å²) < 4.78 is 0. The van der Waals surface area contributed by atoms with Gasteiger partial charge in [0.1, 0.15) is 0 Å². The smallest absolute Gasteiger partial charge is 0.159 e. The van der Waals surface area contributed by atoms with Gasteiger partial charge >= 0.3 is 0 Å². The Morgan fingerprint density at radius 1 is 0.724 bits per heavy atom. The summed E-state index contributed by atoms with van der Waals surface area (Å²) in [6, 6.07) is 8.66. The maximum atomic E-state index is 4.70. The van der Waals surface area contributed by atoms with Gasteiger partial charge in [-0.15, -0.1) is 0 Å². The van der Waals surface area contributed by atoms with Gasteiger partial charge in [0.2, 0.25) is 0 Å². The van der Waals surface area contributed by atoms with Crippen LogP contribution < -0.4 is 0 Å². The Bertz CT molecular complexity index is 660. The summed E-state index contributed by atoms with van der Waals surface area (Å²) in [5.74, 6) is 1.73. The fourth-order valence-electron chi connectivity index (χ4n) is 3.91. The minimum atomic E-state index is 0.844. The number of aromatic nitrogens is 2. The lowest BCUT2D eigenvalue weighted by Gasteiger charge is -2.09. The average Bonchev–Trinajstić information content (AvgIpc) is 2.73. The van der Waals surface area contributed by atoms with Gasteiger partial charge in [0.15, 0.2) is 5.82 Å². The van der Waals surface area contributed by atoms with E-state index in [4.69, 9.17) is 9.97 Å². The van der Waals surface area contributed by atoms with Crippen LogP contribution in [0.15, 0.2) is 36.7 Å². The van der Waals surface area contributed by atoms with E-state index in [9.17, 15) is 0 Å². The highest BCUT2D eigenvalue weighted by Gasteiger charge is 2.07. The summed E-state index contributed by atoms with van der Waals surface area (Å²) in [5, 5.41) is 0. The first-order valence-electron chi connectivity index (χ1n) is 12.1. The van der Waals surface area contributed by atoms with Crippen LogP contribution in [0.3, 0.4) is 0 Å². The molecule has 1 aromatic carbocycles. The molecule has 0 atom stereocenters. The average molecular weight is 395 g/mol. The molecule has 0 saturated heterocycles. The lowest BCUT2D eigenvalue weighted by atomic mass is 10.00. The minimum absolute atomic E-state index is 0.844. The Hall–Kier alpha value is -1.70. The number of aryl methyl sites for hydroxylation is 2. The van der Waals surface area contributed by atoms with Gasteiger partial charge in [-0.05, 0) is 42.7 Å². The van der Waals surface area contributed by atoms with Crippen molar-refractivity contribution >= 4 is 0 Å². The highest BCUT2D eigenvalue weighted by atomic mass is 14.9. The summed E-state index contributed by atoms with van der Waals surface area (Å²) in [6.45, 7) is 6.90. The van der Waals surface area contributed by atoms with Crippen molar-refractivity contribution < 1.29 is 0 Å². The number of benzene rings is 1. The number of nitrogens with zero attached hydrogens (tertiary/aromatic N) is 2. The van der Waals surface area contributed by atoms with Crippen molar-refractivity contribution in [1.29, 1.82) is 0 Å². The zero-order valence-corrected chi connectivity index (χ0v) is 19.1. The molecule has 2 rings (SSSR count). The van der Waals surface area contributed by atoms with Gasteiger partial charge < -0.3 is 0 Å². The molecule has 160 valence electrons. The van der Waals surface area contributed by atoms with Crippen molar-refractivity contribution in [1.82, 2.24) is 9.97 Å². The third kappa shape index (κ3) is 9.56. The fraction of sp³-hybridized carbons (Fsp3) is 0.630. The van der Waals surface area contributed by atoms with E-state index in [0.29, 0.717) is 0 Å². The van der Waals surface area contributed by atoms with Crippen LogP contribution in [-0.2, 0) is 12.8 Å². The molecule has 0 aliphatic rings.